The SMILES string of the molecule is Cn1nncc1N1CCC(N)C1. The molecule has 1 aliphatic heterocycles. The summed E-state index contributed by atoms with van der Waals surface area (Å²) in [7, 11) is 1.90. The summed E-state index contributed by atoms with van der Waals surface area (Å²) in [6, 6.07) is 0.305. The highest BCUT2D eigenvalue weighted by Gasteiger charge is 2.21. The summed E-state index contributed by atoms with van der Waals surface area (Å²) < 4.78 is 1.78. The fraction of sp³-hybridized carbons (Fsp3) is 0.714. The van der Waals surface area contributed by atoms with Gasteiger partial charge >= 0.3 is 0 Å². The van der Waals surface area contributed by atoms with Gasteiger partial charge in [-0.1, -0.05) is 5.21 Å². The van der Waals surface area contributed by atoms with Gasteiger partial charge in [0.2, 0.25) is 0 Å². The molecule has 1 aliphatic rings. The van der Waals surface area contributed by atoms with Crippen LogP contribution in [0.3, 0.4) is 0 Å². The second kappa shape index (κ2) is 2.75. The lowest BCUT2D eigenvalue weighted by Crippen LogP contribution is -2.27. The lowest BCUT2D eigenvalue weighted by Gasteiger charge is -2.16. The van der Waals surface area contributed by atoms with Gasteiger partial charge in [0.15, 0.2) is 0 Å². The van der Waals surface area contributed by atoms with Crippen LogP contribution in [0.2, 0.25) is 0 Å². The molecule has 2 rings (SSSR count). The molecule has 0 saturated carbocycles. The zero-order chi connectivity index (χ0) is 8.55. The molecule has 0 aromatic carbocycles. The van der Waals surface area contributed by atoms with Crippen LogP contribution < -0.4 is 10.6 Å². The molecule has 66 valence electrons. The topological polar surface area (TPSA) is 60.0 Å². The van der Waals surface area contributed by atoms with Crippen LogP contribution in [0.5, 0.6) is 0 Å². The predicted octanol–water partition coefficient (Wildman–Crippen LogP) is -0.647. The minimum Gasteiger partial charge on any atom is -0.354 e. The van der Waals surface area contributed by atoms with Crippen LogP contribution in [0.25, 0.3) is 0 Å². The Morgan fingerprint density at radius 1 is 1.67 bits per heavy atom. The summed E-state index contributed by atoms with van der Waals surface area (Å²) in [6.07, 6.45) is 2.84. The summed E-state index contributed by atoms with van der Waals surface area (Å²) in [6.45, 7) is 1.93. The van der Waals surface area contributed by atoms with Gasteiger partial charge in [-0.05, 0) is 6.42 Å². The van der Waals surface area contributed by atoms with Gasteiger partial charge in [0.25, 0.3) is 0 Å². The van der Waals surface area contributed by atoms with Crippen molar-refractivity contribution in [2.24, 2.45) is 12.8 Å². The number of aromatic nitrogens is 3. The predicted molar refractivity (Wildman–Crippen MR) is 45.8 cm³/mol. The zero-order valence-electron chi connectivity index (χ0n) is 7.14. The Hall–Kier alpha value is -1.10. The first-order valence-electron chi connectivity index (χ1n) is 4.12. The summed E-state index contributed by atoms with van der Waals surface area (Å²) in [5, 5.41) is 7.69. The van der Waals surface area contributed by atoms with E-state index in [1.54, 1.807) is 10.9 Å². The number of aryl methyl sites for hydroxylation is 1. The average molecular weight is 167 g/mol. The van der Waals surface area contributed by atoms with Gasteiger partial charge < -0.3 is 10.6 Å². The number of nitrogens with two attached hydrogens (primary N) is 1. The highest BCUT2D eigenvalue weighted by molar-refractivity contribution is 5.37. The van der Waals surface area contributed by atoms with Gasteiger partial charge in [-0.15, -0.1) is 5.10 Å². The zero-order valence-corrected chi connectivity index (χ0v) is 7.14. The maximum Gasteiger partial charge on any atom is 0.147 e. The van der Waals surface area contributed by atoms with Crippen LogP contribution in [0, 0.1) is 0 Å². The van der Waals surface area contributed by atoms with Crippen molar-refractivity contribution in [1.82, 2.24) is 15.0 Å². The molecule has 0 bridgehead atoms. The van der Waals surface area contributed by atoms with Crippen molar-refractivity contribution in [3.63, 3.8) is 0 Å². The van der Waals surface area contributed by atoms with Crippen molar-refractivity contribution in [3.05, 3.63) is 6.20 Å². The molecule has 1 aromatic heterocycles. The van der Waals surface area contributed by atoms with Gasteiger partial charge in [0.05, 0.1) is 6.20 Å². The first-order chi connectivity index (χ1) is 5.77. The van der Waals surface area contributed by atoms with Gasteiger partial charge in [-0.2, -0.15) is 0 Å². The van der Waals surface area contributed by atoms with E-state index < -0.39 is 0 Å². The molecule has 1 atom stereocenters. The standard InChI is InChI=1S/C7H13N5/c1-11-7(4-9-10-11)12-3-2-6(8)5-12/h4,6H,2-3,5,8H2,1H3. The molecule has 2 heterocycles. The van der Waals surface area contributed by atoms with E-state index in [9.17, 15) is 0 Å². The Balaban J connectivity index is 2.16. The molecular weight excluding hydrogens is 154 g/mol. The molecular formula is C7H13N5. The molecule has 0 radical (unpaired) electrons. The van der Waals surface area contributed by atoms with E-state index in [1.807, 2.05) is 7.05 Å². The van der Waals surface area contributed by atoms with Crippen molar-refractivity contribution in [1.29, 1.82) is 0 Å². The molecule has 0 amide bonds. The lowest BCUT2D eigenvalue weighted by molar-refractivity contribution is 0.696. The Kier molecular flexibility index (Phi) is 1.73. The average Bonchev–Trinajstić information content (AvgIpc) is 2.58. The number of rotatable bonds is 1. The van der Waals surface area contributed by atoms with Crippen LogP contribution in [-0.2, 0) is 7.05 Å². The third kappa shape index (κ3) is 1.16. The molecule has 1 aromatic rings. The first kappa shape index (κ1) is 7.54. The third-order valence-corrected chi connectivity index (χ3v) is 2.24. The van der Waals surface area contributed by atoms with Crippen molar-refractivity contribution < 1.29 is 0 Å². The largest absolute Gasteiger partial charge is 0.354 e. The first-order valence-corrected chi connectivity index (χ1v) is 4.12. The van der Waals surface area contributed by atoms with Gasteiger partial charge in [-0.25, -0.2) is 4.68 Å². The molecule has 12 heavy (non-hydrogen) atoms. The fourth-order valence-electron chi connectivity index (χ4n) is 1.57. The van der Waals surface area contributed by atoms with E-state index in [0.717, 1.165) is 25.3 Å². The van der Waals surface area contributed by atoms with E-state index in [0.29, 0.717) is 6.04 Å². The molecule has 0 spiro atoms. The normalized spacial score (nSPS) is 23.5. The van der Waals surface area contributed by atoms with E-state index in [1.165, 1.54) is 0 Å². The third-order valence-electron chi connectivity index (χ3n) is 2.24. The molecule has 0 aliphatic carbocycles. The van der Waals surface area contributed by atoms with E-state index >= 15 is 0 Å². The quantitative estimate of drug-likeness (QED) is 0.604. The van der Waals surface area contributed by atoms with Gasteiger partial charge in [-0.3, -0.25) is 0 Å². The van der Waals surface area contributed by atoms with Crippen molar-refractivity contribution >= 4 is 5.82 Å². The van der Waals surface area contributed by atoms with Crippen LogP contribution in [-0.4, -0.2) is 34.1 Å². The maximum absolute atomic E-state index is 5.79. The van der Waals surface area contributed by atoms with Crippen LogP contribution in [0.1, 0.15) is 6.42 Å². The number of hydrogen-bond acceptors (Lipinski definition) is 4. The summed E-state index contributed by atoms with van der Waals surface area (Å²) >= 11 is 0. The van der Waals surface area contributed by atoms with Gasteiger partial charge in [0.1, 0.15) is 5.82 Å². The summed E-state index contributed by atoms with van der Waals surface area (Å²) in [5.41, 5.74) is 5.79. The molecule has 5 nitrogen and oxygen atoms in total. The summed E-state index contributed by atoms with van der Waals surface area (Å²) in [5.74, 6) is 1.06. The van der Waals surface area contributed by atoms with Crippen molar-refractivity contribution in [2.45, 2.75) is 12.5 Å². The van der Waals surface area contributed by atoms with Crippen molar-refractivity contribution in [3.8, 4) is 0 Å². The monoisotopic (exact) mass is 167 g/mol. The highest BCUT2D eigenvalue weighted by Crippen LogP contribution is 2.16. The molecule has 1 fully saturated rings. The molecule has 2 N–H and O–H groups in total. The second-order valence-electron chi connectivity index (χ2n) is 3.21. The minimum absolute atomic E-state index is 0.305. The van der Waals surface area contributed by atoms with Crippen LogP contribution in [0.4, 0.5) is 5.82 Å². The maximum atomic E-state index is 5.79. The Bertz CT molecular complexity index is 269. The molecule has 1 unspecified atom stereocenters. The van der Waals surface area contributed by atoms with Crippen LogP contribution >= 0.6 is 0 Å². The molecule has 1 saturated heterocycles. The van der Waals surface area contributed by atoms with E-state index in [4.69, 9.17) is 5.73 Å². The number of hydrogen-bond donors (Lipinski definition) is 1. The molecule has 5 heteroatoms. The lowest BCUT2D eigenvalue weighted by atomic mass is 10.3. The van der Waals surface area contributed by atoms with Crippen molar-refractivity contribution in [2.75, 3.05) is 18.0 Å². The van der Waals surface area contributed by atoms with E-state index in [-0.39, 0.29) is 0 Å². The Morgan fingerprint density at radius 3 is 3.00 bits per heavy atom. The minimum atomic E-state index is 0.305. The fourth-order valence-corrected chi connectivity index (χ4v) is 1.57. The van der Waals surface area contributed by atoms with Gasteiger partial charge in [0, 0.05) is 26.2 Å². The number of nitrogens with zero attached hydrogens (tertiary/aromatic N) is 4. The Labute approximate surface area is 71.1 Å². The summed E-state index contributed by atoms with van der Waals surface area (Å²) in [4.78, 5) is 2.21. The highest BCUT2D eigenvalue weighted by atomic mass is 15.5. The Morgan fingerprint density at radius 2 is 2.50 bits per heavy atom. The smallest absolute Gasteiger partial charge is 0.147 e. The number of anilines is 1. The van der Waals surface area contributed by atoms with Crippen LogP contribution in [0.15, 0.2) is 6.20 Å². The second-order valence-corrected chi connectivity index (χ2v) is 3.21. The van der Waals surface area contributed by atoms with E-state index in [2.05, 4.69) is 15.2 Å².